The van der Waals surface area contributed by atoms with Crippen molar-refractivity contribution >= 4 is 6.09 Å². The Kier molecular flexibility index (Phi) is 3.52. The Morgan fingerprint density at radius 2 is 2.11 bits per heavy atom. The van der Waals surface area contributed by atoms with Crippen molar-refractivity contribution < 1.29 is 14.3 Å². The highest BCUT2D eigenvalue weighted by Gasteiger charge is 2.36. The number of nitrogens with two attached hydrogens (primary N) is 1. The number of nitrogens with zero attached hydrogens (tertiary/aromatic N) is 1. The lowest BCUT2D eigenvalue weighted by Crippen LogP contribution is -2.48. The predicted octanol–water partition coefficient (Wildman–Crippen LogP) is 1.80. The molecule has 0 bridgehead atoms. The van der Waals surface area contributed by atoms with E-state index in [2.05, 4.69) is 0 Å². The van der Waals surface area contributed by atoms with Gasteiger partial charge in [-0.1, -0.05) is 12.1 Å². The highest BCUT2D eigenvalue weighted by molar-refractivity contribution is 5.65. The molecule has 3 N–H and O–H groups in total. The van der Waals surface area contributed by atoms with Crippen LogP contribution < -0.4 is 5.73 Å². The molecule has 0 aliphatic carbocycles. The number of benzene rings is 1. The molecular formula is C13H17FN2O2. The van der Waals surface area contributed by atoms with Gasteiger partial charge in [0.05, 0.1) is 0 Å². The van der Waals surface area contributed by atoms with Crippen molar-refractivity contribution in [2.45, 2.75) is 18.3 Å². The van der Waals surface area contributed by atoms with Gasteiger partial charge in [0, 0.05) is 25.0 Å². The fraction of sp³-hybridized carbons (Fsp3) is 0.462. The zero-order valence-electron chi connectivity index (χ0n) is 10.1. The van der Waals surface area contributed by atoms with Gasteiger partial charge in [-0.15, -0.1) is 0 Å². The molecule has 0 spiro atoms. The summed E-state index contributed by atoms with van der Waals surface area (Å²) in [5.74, 6) is -0.277. The second-order valence-corrected chi connectivity index (χ2v) is 4.76. The van der Waals surface area contributed by atoms with Crippen molar-refractivity contribution in [1.29, 1.82) is 0 Å². The third kappa shape index (κ3) is 2.31. The molecule has 1 amide bonds. The number of hydrogen-bond donors (Lipinski definition) is 2. The first-order valence-electron chi connectivity index (χ1n) is 6.01. The van der Waals surface area contributed by atoms with E-state index in [4.69, 9.17) is 10.8 Å². The van der Waals surface area contributed by atoms with Gasteiger partial charge in [0.25, 0.3) is 0 Å². The molecule has 2 rings (SSSR count). The molecule has 1 aromatic carbocycles. The summed E-state index contributed by atoms with van der Waals surface area (Å²) >= 11 is 0. The summed E-state index contributed by atoms with van der Waals surface area (Å²) in [4.78, 5) is 12.3. The van der Waals surface area contributed by atoms with E-state index < -0.39 is 6.09 Å². The van der Waals surface area contributed by atoms with Crippen molar-refractivity contribution in [2.75, 3.05) is 19.6 Å². The SMILES string of the molecule is NCC1(c2cccc(F)c2)CCN(C(=O)O)CC1. The average molecular weight is 252 g/mol. The Bertz CT molecular complexity index is 442. The lowest BCUT2D eigenvalue weighted by atomic mass is 9.73. The zero-order valence-corrected chi connectivity index (χ0v) is 10.1. The molecular weight excluding hydrogens is 235 g/mol. The Hall–Kier alpha value is -1.62. The van der Waals surface area contributed by atoms with Crippen LogP contribution in [0.25, 0.3) is 0 Å². The van der Waals surface area contributed by atoms with Gasteiger partial charge in [-0.05, 0) is 30.5 Å². The largest absolute Gasteiger partial charge is 0.465 e. The van der Waals surface area contributed by atoms with Crippen molar-refractivity contribution in [1.82, 2.24) is 4.90 Å². The van der Waals surface area contributed by atoms with Gasteiger partial charge in [0.1, 0.15) is 5.82 Å². The summed E-state index contributed by atoms with van der Waals surface area (Å²) in [5, 5.41) is 8.93. The number of piperidine rings is 1. The van der Waals surface area contributed by atoms with E-state index in [1.165, 1.54) is 17.0 Å². The van der Waals surface area contributed by atoms with Crippen LogP contribution in [0.2, 0.25) is 0 Å². The first-order chi connectivity index (χ1) is 8.57. The third-order valence-electron chi connectivity index (χ3n) is 3.82. The number of likely N-dealkylation sites (tertiary alicyclic amines) is 1. The van der Waals surface area contributed by atoms with Crippen molar-refractivity contribution in [3.63, 3.8) is 0 Å². The molecule has 18 heavy (non-hydrogen) atoms. The van der Waals surface area contributed by atoms with Crippen LogP contribution >= 0.6 is 0 Å². The van der Waals surface area contributed by atoms with Crippen molar-refractivity contribution in [3.05, 3.63) is 35.6 Å². The van der Waals surface area contributed by atoms with Gasteiger partial charge in [-0.25, -0.2) is 9.18 Å². The Balaban J connectivity index is 2.21. The fourth-order valence-electron chi connectivity index (χ4n) is 2.56. The van der Waals surface area contributed by atoms with Crippen molar-refractivity contribution in [3.8, 4) is 0 Å². The fourth-order valence-corrected chi connectivity index (χ4v) is 2.56. The van der Waals surface area contributed by atoms with E-state index in [9.17, 15) is 9.18 Å². The summed E-state index contributed by atoms with van der Waals surface area (Å²) in [6.45, 7) is 1.30. The number of carboxylic acid groups (broad SMARTS) is 1. The third-order valence-corrected chi connectivity index (χ3v) is 3.82. The van der Waals surface area contributed by atoms with Crippen LogP contribution in [0.1, 0.15) is 18.4 Å². The molecule has 1 saturated heterocycles. The number of carbonyl (C=O) groups is 1. The number of rotatable bonds is 2. The molecule has 0 unspecified atom stereocenters. The molecule has 1 aliphatic rings. The van der Waals surface area contributed by atoms with Crippen LogP contribution in [0.4, 0.5) is 9.18 Å². The van der Waals surface area contributed by atoms with Gasteiger partial charge >= 0.3 is 6.09 Å². The van der Waals surface area contributed by atoms with Gasteiger partial charge in [0.2, 0.25) is 0 Å². The normalized spacial score (nSPS) is 18.7. The summed E-state index contributed by atoms with van der Waals surface area (Å²) in [6, 6.07) is 6.45. The lowest BCUT2D eigenvalue weighted by Gasteiger charge is -2.40. The standard InChI is InChI=1S/C13H17FN2O2/c14-11-3-1-2-10(8-11)13(9-15)4-6-16(7-5-13)12(17)18/h1-3,8H,4-7,9,15H2,(H,17,18). The van der Waals surface area contributed by atoms with Gasteiger partial charge in [0.15, 0.2) is 0 Å². The smallest absolute Gasteiger partial charge is 0.407 e. The van der Waals surface area contributed by atoms with Crippen LogP contribution in [-0.4, -0.2) is 35.7 Å². The average Bonchev–Trinajstić information content (AvgIpc) is 2.38. The molecule has 98 valence electrons. The Morgan fingerprint density at radius 1 is 1.44 bits per heavy atom. The molecule has 1 heterocycles. The molecule has 0 atom stereocenters. The topological polar surface area (TPSA) is 66.6 Å². The van der Waals surface area contributed by atoms with Gasteiger partial charge in [-0.3, -0.25) is 0 Å². The van der Waals surface area contributed by atoms with E-state index in [0.29, 0.717) is 32.5 Å². The molecule has 1 aliphatic heterocycles. The molecule has 0 aromatic heterocycles. The maximum atomic E-state index is 13.3. The Labute approximate surface area is 105 Å². The minimum atomic E-state index is -0.903. The summed E-state index contributed by atoms with van der Waals surface area (Å²) < 4.78 is 13.3. The highest BCUT2D eigenvalue weighted by atomic mass is 19.1. The van der Waals surface area contributed by atoms with Crippen LogP contribution in [0, 0.1) is 5.82 Å². The summed E-state index contributed by atoms with van der Waals surface area (Å²) in [6.07, 6.45) is 0.373. The quantitative estimate of drug-likeness (QED) is 0.843. The second kappa shape index (κ2) is 4.94. The van der Waals surface area contributed by atoms with Crippen LogP contribution in [0.3, 0.4) is 0 Å². The maximum absolute atomic E-state index is 13.3. The second-order valence-electron chi connectivity index (χ2n) is 4.76. The van der Waals surface area contributed by atoms with Crippen LogP contribution in [0.5, 0.6) is 0 Å². The van der Waals surface area contributed by atoms with E-state index in [0.717, 1.165) is 5.56 Å². The summed E-state index contributed by atoms with van der Waals surface area (Å²) in [5.41, 5.74) is 6.43. The Morgan fingerprint density at radius 3 is 2.61 bits per heavy atom. The van der Waals surface area contributed by atoms with Gasteiger partial charge in [-0.2, -0.15) is 0 Å². The number of hydrogen-bond acceptors (Lipinski definition) is 2. The number of halogens is 1. The highest BCUT2D eigenvalue weighted by Crippen LogP contribution is 2.34. The van der Waals surface area contributed by atoms with Gasteiger partial charge < -0.3 is 15.7 Å². The van der Waals surface area contributed by atoms with Crippen LogP contribution in [0.15, 0.2) is 24.3 Å². The van der Waals surface area contributed by atoms with E-state index in [-0.39, 0.29) is 11.2 Å². The molecule has 1 aromatic rings. The van der Waals surface area contributed by atoms with Crippen molar-refractivity contribution in [2.24, 2.45) is 5.73 Å². The molecule has 0 saturated carbocycles. The minimum absolute atomic E-state index is 0.277. The van der Waals surface area contributed by atoms with E-state index >= 15 is 0 Å². The lowest BCUT2D eigenvalue weighted by molar-refractivity contribution is 0.117. The molecule has 5 heteroatoms. The molecule has 4 nitrogen and oxygen atoms in total. The molecule has 0 radical (unpaired) electrons. The molecule has 1 fully saturated rings. The first-order valence-corrected chi connectivity index (χ1v) is 6.01. The number of amides is 1. The summed E-state index contributed by atoms with van der Waals surface area (Å²) in [7, 11) is 0. The monoisotopic (exact) mass is 252 g/mol. The van der Waals surface area contributed by atoms with E-state index in [1.807, 2.05) is 6.07 Å². The maximum Gasteiger partial charge on any atom is 0.407 e. The predicted molar refractivity (Wildman–Crippen MR) is 66.0 cm³/mol. The zero-order chi connectivity index (χ0) is 13.2. The van der Waals surface area contributed by atoms with Crippen LogP contribution in [-0.2, 0) is 5.41 Å². The minimum Gasteiger partial charge on any atom is -0.465 e. The van der Waals surface area contributed by atoms with E-state index in [1.54, 1.807) is 6.07 Å². The first kappa shape index (κ1) is 12.8.